The van der Waals surface area contributed by atoms with Gasteiger partial charge in [-0.25, -0.2) is 4.79 Å². The summed E-state index contributed by atoms with van der Waals surface area (Å²) in [4.78, 5) is 25.2. The van der Waals surface area contributed by atoms with Gasteiger partial charge in [-0.05, 0) is 22.6 Å². The maximum Gasteiger partial charge on any atom is 0.330 e. The van der Waals surface area contributed by atoms with Crippen LogP contribution in [-0.2, 0) is 19.0 Å². The molecule has 0 saturated carbocycles. The highest BCUT2D eigenvalue weighted by atomic mass is 127. The Morgan fingerprint density at radius 3 is 2.68 bits per heavy atom. The van der Waals surface area contributed by atoms with Crippen LogP contribution in [0.2, 0.25) is 0 Å². The molecule has 22 heavy (non-hydrogen) atoms. The molecule has 1 aliphatic heterocycles. The molecule has 124 valence electrons. The average molecular weight is 448 g/mol. The highest BCUT2D eigenvalue weighted by Gasteiger charge is 2.47. The summed E-state index contributed by atoms with van der Waals surface area (Å²) in [5.74, 6) is 0. The van der Waals surface area contributed by atoms with Crippen LogP contribution in [0, 0.1) is 3.57 Å². The Morgan fingerprint density at radius 2 is 2.14 bits per heavy atom. The van der Waals surface area contributed by atoms with Crippen molar-refractivity contribution in [3.05, 3.63) is 30.6 Å². The third-order valence-corrected chi connectivity index (χ3v) is 4.31. The Labute approximate surface area is 137 Å². The number of aromatic amines is 1. The molecule has 1 aliphatic rings. The first-order chi connectivity index (χ1) is 10.1. The first-order valence-corrected chi connectivity index (χ1v) is 8.87. The molecule has 2 heterocycles. The monoisotopic (exact) mass is 448 g/mol. The molecule has 3 N–H and O–H groups in total. The van der Waals surface area contributed by atoms with E-state index in [1.54, 1.807) is 22.6 Å². The van der Waals surface area contributed by atoms with Crippen molar-refractivity contribution in [3.8, 4) is 0 Å². The number of hydrogen-bond donors (Lipinski definition) is 3. The zero-order valence-electron chi connectivity index (χ0n) is 11.2. The Morgan fingerprint density at radius 1 is 1.50 bits per heavy atom. The number of aliphatic hydroxyl groups excluding tert-OH is 2. The van der Waals surface area contributed by atoms with Crippen LogP contribution in [0.5, 0.6) is 0 Å². The predicted octanol–water partition coefficient (Wildman–Crippen LogP) is -2.26. The first-order valence-electron chi connectivity index (χ1n) is 5.97. The van der Waals surface area contributed by atoms with E-state index in [-0.39, 0.29) is 3.57 Å². The lowest BCUT2D eigenvalue weighted by atomic mass is 10.1. The molecule has 1 fully saturated rings. The molecule has 1 aromatic heterocycles. The summed E-state index contributed by atoms with van der Waals surface area (Å²) >= 11 is 1.68. The van der Waals surface area contributed by atoms with Gasteiger partial charge in [-0.2, -0.15) is 8.42 Å². The fourth-order valence-electron chi connectivity index (χ4n) is 2.07. The molecule has 4 atom stereocenters. The van der Waals surface area contributed by atoms with Crippen LogP contribution in [0.1, 0.15) is 6.23 Å². The van der Waals surface area contributed by atoms with Crippen molar-refractivity contribution in [1.29, 1.82) is 0 Å². The third kappa shape index (κ3) is 3.57. The largest absolute Gasteiger partial charge is 0.394 e. The van der Waals surface area contributed by atoms with Gasteiger partial charge >= 0.3 is 5.69 Å². The molecule has 0 amide bonds. The molecule has 1 aromatic rings. The maximum absolute atomic E-state index is 11.8. The van der Waals surface area contributed by atoms with Crippen molar-refractivity contribution in [3.63, 3.8) is 0 Å². The molecule has 0 unspecified atom stereocenters. The van der Waals surface area contributed by atoms with Crippen LogP contribution in [0.3, 0.4) is 0 Å². The highest BCUT2D eigenvalue weighted by molar-refractivity contribution is 14.1. The lowest BCUT2D eigenvalue weighted by molar-refractivity contribution is -0.0544. The molecule has 12 heteroatoms. The summed E-state index contributed by atoms with van der Waals surface area (Å²) in [6.45, 7) is -0.622. The van der Waals surface area contributed by atoms with Crippen molar-refractivity contribution >= 4 is 32.7 Å². The molecular formula is C10H13IN2O8S. The lowest BCUT2D eigenvalue weighted by Crippen LogP contribution is -2.40. The molecule has 0 bridgehead atoms. The van der Waals surface area contributed by atoms with Crippen LogP contribution in [0.15, 0.2) is 15.8 Å². The number of aromatic nitrogens is 2. The summed E-state index contributed by atoms with van der Waals surface area (Å²) in [6, 6.07) is 0. The number of aliphatic hydroxyl groups is 2. The summed E-state index contributed by atoms with van der Waals surface area (Å²) in [6.07, 6.45) is -3.41. The first kappa shape index (κ1) is 17.6. The third-order valence-electron chi connectivity index (χ3n) is 2.97. The number of nitrogens with zero attached hydrogens (tertiary/aromatic N) is 1. The van der Waals surface area contributed by atoms with Crippen molar-refractivity contribution in [2.45, 2.75) is 24.5 Å². The molecule has 0 aromatic carbocycles. The van der Waals surface area contributed by atoms with E-state index in [0.29, 0.717) is 0 Å². The molecule has 0 aliphatic carbocycles. The number of ether oxygens (including phenoxy) is 1. The Kier molecular flexibility index (Phi) is 5.08. The summed E-state index contributed by atoms with van der Waals surface area (Å²) < 4.78 is 33.5. The number of nitrogens with one attached hydrogen (secondary N) is 1. The van der Waals surface area contributed by atoms with Gasteiger partial charge in [-0.15, -0.1) is 0 Å². The van der Waals surface area contributed by atoms with E-state index in [0.717, 1.165) is 17.0 Å². The van der Waals surface area contributed by atoms with E-state index in [1.807, 2.05) is 4.98 Å². The summed E-state index contributed by atoms with van der Waals surface area (Å²) in [5.41, 5.74) is -1.44. The quantitative estimate of drug-likeness (QED) is 0.345. The van der Waals surface area contributed by atoms with E-state index in [2.05, 4.69) is 0 Å². The Balaban J connectivity index is 2.40. The van der Waals surface area contributed by atoms with Gasteiger partial charge in [0.1, 0.15) is 18.3 Å². The second-order valence-corrected chi connectivity index (χ2v) is 7.41. The molecule has 1 saturated heterocycles. The van der Waals surface area contributed by atoms with Crippen molar-refractivity contribution in [2.75, 3.05) is 12.9 Å². The van der Waals surface area contributed by atoms with E-state index in [4.69, 9.17) is 8.92 Å². The second kappa shape index (κ2) is 6.37. The van der Waals surface area contributed by atoms with E-state index >= 15 is 0 Å². The lowest BCUT2D eigenvalue weighted by Gasteiger charge is -2.18. The number of H-pyrrole nitrogens is 1. The smallest absolute Gasteiger partial charge is 0.330 e. The van der Waals surface area contributed by atoms with Gasteiger partial charge in [0.25, 0.3) is 15.7 Å². The topological polar surface area (TPSA) is 148 Å². The maximum atomic E-state index is 11.8. The van der Waals surface area contributed by atoms with Gasteiger partial charge in [-0.1, -0.05) is 0 Å². The van der Waals surface area contributed by atoms with Crippen LogP contribution >= 0.6 is 22.6 Å². The second-order valence-electron chi connectivity index (χ2n) is 4.65. The number of halogens is 1. The van der Waals surface area contributed by atoms with E-state index in [9.17, 15) is 28.2 Å². The fourth-order valence-corrected chi connectivity index (χ4v) is 3.14. The molecule has 0 spiro atoms. The standard InChI is InChI=1S/C10H13IN2O8S/c1-22(18,19)21-7-5(3-14)20-9(6(7)15)13-2-4(11)8(16)12-10(13)17/h2,5-7,9,14-15H,3H2,1H3,(H,12,16,17)/t5-,6-,7+,9-/m1/s1. The van der Waals surface area contributed by atoms with Crippen molar-refractivity contribution < 1.29 is 27.6 Å². The van der Waals surface area contributed by atoms with Gasteiger partial charge in [0.15, 0.2) is 6.23 Å². The van der Waals surface area contributed by atoms with Gasteiger partial charge in [0, 0.05) is 6.20 Å². The van der Waals surface area contributed by atoms with Gasteiger partial charge < -0.3 is 14.9 Å². The van der Waals surface area contributed by atoms with Gasteiger partial charge in [0.05, 0.1) is 16.4 Å². The van der Waals surface area contributed by atoms with Gasteiger partial charge in [0.2, 0.25) is 0 Å². The van der Waals surface area contributed by atoms with E-state index < -0.39 is 52.5 Å². The highest BCUT2D eigenvalue weighted by Crippen LogP contribution is 2.31. The average Bonchev–Trinajstić information content (AvgIpc) is 2.69. The van der Waals surface area contributed by atoms with Gasteiger partial charge in [-0.3, -0.25) is 18.5 Å². The zero-order chi connectivity index (χ0) is 16.7. The van der Waals surface area contributed by atoms with Crippen LogP contribution in [-0.4, -0.2) is 59.4 Å². The van der Waals surface area contributed by atoms with E-state index in [1.165, 1.54) is 0 Å². The minimum atomic E-state index is -3.91. The predicted molar refractivity (Wildman–Crippen MR) is 80.8 cm³/mol. The SMILES string of the molecule is CS(=O)(=O)O[C@@H]1[C@@H](O)[C@H](n2cc(I)c(=O)[nH]c2=O)O[C@@H]1CO. The summed E-state index contributed by atoms with van der Waals surface area (Å²) in [7, 11) is -3.91. The normalized spacial score (nSPS) is 28.9. The Bertz CT molecular complexity index is 772. The molecule has 0 radical (unpaired) electrons. The van der Waals surface area contributed by atoms with Crippen molar-refractivity contribution in [2.24, 2.45) is 0 Å². The summed E-state index contributed by atoms with van der Waals surface area (Å²) in [5, 5.41) is 19.4. The van der Waals surface area contributed by atoms with Crippen LogP contribution in [0.25, 0.3) is 0 Å². The van der Waals surface area contributed by atoms with Crippen LogP contribution < -0.4 is 11.2 Å². The Hall–Kier alpha value is -0.800. The zero-order valence-corrected chi connectivity index (χ0v) is 14.1. The minimum absolute atomic E-state index is 0.168. The van der Waals surface area contributed by atoms with Crippen molar-refractivity contribution in [1.82, 2.24) is 9.55 Å². The number of rotatable bonds is 4. The van der Waals surface area contributed by atoms with Crippen LogP contribution in [0.4, 0.5) is 0 Å². The minimum Gasteiger partial charge on any atom is -0.394 e. The molecule has 2 rings (SSSR count). The number of hydrogen-bond acceptors (Lipinski definition) is 8. The fraction of sp³-hybridized carbons (Fsp3) is 0.600. The molecular weight excluding hydrogens is 435 g/mol. The molecule has 10 nitrogen and oxygen atoms in total.